The van der Waals surface area contributed by atoms with Gasteiger partial charge in [-0.25, -0.2) is 4.79 Å². The lowest BCUT2D eigenvalue weighted by Gasteiger charge is -2.02. The van der Waals surface area contributed by atoms with Crippen LogP contribution in [0.25, 0.3) is 0 Å². The molecule has 0 aliphatic carbocycles. The number of rotatable bonds is 2. The quantitative estimate of drug-likeness (QED) is 0.718. The molecule has 2 N–H and O–H groups in total. The molecule has 0 fully saturated rings. The second-order valence-electron chi connectivity index (χ2n) is 2.10. The zero-order valence-electron chi connectivity index (χ0n) is 6.61. The number of ether oxygens (including phenoxy) is 2. The van der Waals surface area contributed by atoms with E-state index in [4.69, 9.17) is 10.5 Å². The van der Waals surface area contributed by atoms with Crippen molar-refractivity contribution in [3.63, 3.8) is 0 Å². The maximum absolute atomic E-state index is 10.3. The van der Waals surface area contributed by atoms with E-state index in [1.807, 2.05) is 0 Å². The summed E-state index contributed by atoms with van der Waals surface area (Å²) in [6, 6.07) is 6.64. The Morgan fingerprint density at radius 1 is 1.42 bits per heavy atom. The van der Waals surface area contributed by atoms with Crippen molar-refractivity contribution in [1.29, 1.82) is 0 Å². The van der Waals surface area contributed by atoms with Gasteiger partial charge in [0.2, 0.25) is 0 Å². The van der Waals surface area contributed by atoms with E-state index in [1.165, 1.54) is 7.11 Å². The molecule has 0 atom stereocenters. The summed E-state index contributed by atoms with van der Waals surface area (Å²) in [5, 5.41) is 0. The minimum Gasteiger partial charge on any atom is -0.497 e. The molecule has 0 unspecified atom stereocenters. The minimum atomic E-state index is -0.830. The normalized spacial score (nSPS) is 9.08. The Hall–Kier alpha value is -1.71. The fourth-order valence-corrected chi connectivity index (χ4v) is 0.781. The lowest BCUT2D eigenvalue weighted by atomic mass is 10.3. The van der Waals surface area contributed by atoms with Gasteiger partial charge in [0.1, 0.15) is 11.5 Å². The Balaban J connectivity index is 2.79. The van der Waals surface area contributed by atoms with Gasteiger partial charge in [0.15, 0.2) is 0 Å². The first-order valence-corrected chi connectivity index (χ1v) is 3.33. The molecule has 0 saturated carbocycles. The second kappa shape index (κ2) is 3.61. The molecule has 0 heterocycles. The maximum atomic E-state index is 10.3. The number of nitrogens with two attached hydrogens (primary N) is 1. The van der Waals surface area contributed by atoms with Crippen molar-refractivity contribution in [2.45, 2.75) is 0 Å². The van der Waals surface area contributed by atoms with Gasteiger partial charge in [0.25, 0.3) is 0 Å². The number of hydrogen-bond donors (Lipinski definition) is 1. The zero-order valence-corrected chi connectivity index (χ0v) is 6.61. The van der Waals surface area contributed by atoms with E-state index in [2.05, 4.69) is 4.74 Å². The summed E-state index contributed by atoms with van der Waals surface area (Å²) in [4.78, 5) is 10.3. The highest BCUT2D eigenvalue weighted by atomic mass is 16.5. The van der Waals surface area contributed by atoms with Crippen LogP contribution in [0.15, 0.2) is 24.3 Å². The van der Waals surface area contributed by atoms with Crippen LogP contribution in [0.5, 0.6) is 11.5 Å². The predicted octanol–water partition coefficient (Wildman–Crippen LogP) is 1.15. The second-order valence-corrected chi connectivity index (χ2v) is 2.10. The van der Waals surface area contributed by atoms with Crippen LogP contribution in [-0.4, -0.2) is 13.2 Å². The van der Waals surface area contributed by atoms with E-state index in [0.29, 0.717) is 11.5 Å². The Labute approximate surface area is 69.9 Å². The van der Waals surface area contributed by atoms with Crippen LogP contribution in [0, 0.1) is 0 Å². The lowest BCUT2D eigenvalue weighted by molar-refractivity contribution is 0.210. The predicted molar refractivity (Wildman–Crippen MR) is 43.2 cm³/mol. The number of primary amides is 1. The van der Waals surface area contributed by atoms with Gasteiger partial charge in [0.05, 0.1) is 7.11 Å². The van der Waals surface area contributed by atoms with Crippen LogP contribution in [0.1, 0.15) is 0 Å². The van der Waals surface area contributed by atoms with Crippen LogP contribution in [-0.2, 0) is 0 Å². The van der Waals surface area contributed by atoms with Crippen molar-refractivity contribution < 1.29 is 14.3 Å². The van der Waals surface area contributed by atoms with E-state index in [1.54, 1.807) is 24.3 Å². The smallest absolute Gasteiger partial charge is 0.409 e. The first kappa shape index (κ1) is 8.39. The molecule has 12 heavy (non-hydrogen) atoms. The molecule has 0 aliphatic rings. The summed E-state index contributed by atoms with van der Waals surface area (Å²) in [5.74, 6) is 0.996. The van der Waals surface area contributed by atoms with Crippen LogP contribution < -0.4 is 15.2 Å². The first-order valence-electron chi connectivity index (χ1n) is 3.33. The van der Waals surface area contributed by atoms with Crippen LogP contribution in [0.2, 0.25) is 0 Å². The molecule has 1 aromatic rings. The summed E-state index contributed by atoms with van der Waals surface area (Å²) in [6.45, 7) is 0. The van der Waals surface area contributed by atoms with E-state index in [0.717, 1.165) is 0 Å². The fourth-order valence-electron chi connectivity index (χ4n) is 0.781. The molecule has 1 aromatic carbocycles. The number of hydrogen-bond acceptors (Lipinski definition) is 3. The first-order chi connectivity index (χ1) is 5.72. The molecular formula is C8H9NO3. The van der Waals surface area contributed by atoms with Crippen molar-refractivity contribution in [1.82, 2.24) is 0 Å². The summed E-state index contributed by atoms with van der Waals surface area (Å²) in [5.41, 5.74) is 4.81. The lowest BCUT2D eigenvalue weighted by Crippen LogP contribution is -2.16. The van der Waals surface area contributed by atoms with Gasteiger partial charge in [-0.15, -0.1) is 0 Å². The zero-order chi connectivity index (χ0) is 8.97. The van der Waals surface area contributed by atoms with Gasteiger partial charge in [0, 0.05) is 6.07 Å². The van der Waals surface area contributed by atoms with Crippen molar-refractivity contribution in [2.24, 2.45) is 5.73 Å². The van der Waals surface area contributed by atoms with Crippen molar-refractivity contribution in [2.75, 3.05) is 7.11 Å². The van der Waals surface area contributed by atoms with E-state index in [-0.39, 0.29) is 0 Å². The largest absolute Gasteiger partial charge is 0.497 e. The molecule has 1 amide bonds. The average molecular weight is 167 g/mol. The third-order valence-electron chi connectivity index (χ3n) is 1.26. The number of carbonyl (C=O) groups excluding carboxylic acids is 1. The monoisotopic (exact) mass is 167 g/mol. The molecule has 0 bridgehead atoms. The average Bonchev–Trinajstić information content (AvgIpc) is 2.03. The molecule has 64 valence electrons. The van der Waals surface area contributed by atoms with Gasteiger partial charge in [-0.1, -0.05) is 6.07 Å². The highest BCUT2D eigenvalue weighted by Crippen LogP contribution is 2.18. The molecule has 0 saturated heterocycles. The molecule has 0 aromatic heterocycles. The van der Waals surface area contributed by atoms with E-state index < -0.39 is 6.09 Å². The SMILES string of the molecule is COc1cccc(OC(N)=O)c1. The molecule has 0 aliphatic heterocycles. The topological polar surface area (TPSA) is 61.6 Å². The van der Waals surface area contributed by atoms with Crippen molar-refractivity contribution in [3.05, 3.63) is 24.3 Å². The fraction of sp³-hybridized carbons (Fsp3) is 0.125. The summed E-state index contributed by atoms with van der Waals surface area (Å²) >= 11 is 0. The van der Waals surface area contributed by atoms with Crippen LogP contribution in [0.4, 0.5) is 4.79 Å². The highest BCUT2D eigenvalue weighted by Gasteiger charge is 1.98. The Morgan fingerprint density at radius 3 is 2.67 bits per heavy atom. The van der Waals surface area contributed by atoms with Crippen LogP contribution in [0.3, 0.4) is 0 Å². The van der Waals surface area contributed by atoms with Crippen molar-refractivity contribution in [3.8, 4) is 11.5 Å². The summed E-state index contributed by atoms with van der Waals surface area (Å²) < 4.78 is 9.52. The summed E-state index contributed by atoms with van der Waals surface area (Å²) in [7, 11) is 1.53. The number of amides is 1. The Kier molecular flexibility index (Phi) is 2.53. The number of carbonyl (C=O) groups is 1. The third kappa shape index (κ3) is 2.16. The Bertz CT molecular complexity index is 285. The van der Waals surface area contributed by atoms with Crippen LogP contribution >= 0.6 is 0 Å². The number of methoxy groups -OCH3 is 1. The standard InChI is InChI=1S/C8H9NO3/c1-11-6-3-2-4-7(5-6)12-8(9)10/h2-5H,1H3,(H2,9,10). The molecular weight excluding hydrogens is 158 g/mol. The number of benzene rings is 1. The molecule has 4 heteroatoms. The summed E-state index contributed by atoms with van der Waals surface area (Å²) in [6.07, 6.45) is -0.830. The maximum Gasteiger partial charge on any atom is 0.409 e. The molecule has 4 nitrogen and oxygen atoms in total. The minimum absolute atomic E-state index is 0.377. The van der Waals surface area contributed by atoms with Gasteiger partial charge in [-0.3, -0.25) is 0 Å². The molecule has 1 rings (SSSR count). The molecule has 0 spiro atoms. The van der Waals surface area contributed by atoms with Gasteiger partial charge in [-0.2, -0.15) is 0 Å². The van der Waals surface area contributed by atoms with Crippen molar-refractivity contribution >= 4 is 6.09 Å². The Morgan fingerprint density at radius 2 is 2.08 bits per heavy atom. The van der Waals surface area contributed by atoms with E-state index in [9.17, 15) is 4.79 Å². The van der Waals surface area contributed by atoms with Gasteiger partial charge >= 0.3 is 6.09 Å². The van der Waals surface area contributed by atoms with Gasteiger partial charge in [-0.05, 0) is 12.1 Å². The third-order valence-corrected chi connectivity index (χ3v) is 1.26. The van der Waals surface area contributed by atoms with Gasteiger partial charge < -0.3 is 15.2 Å². The molecule has 0 radical (unpaired) electrons. The highest BCUT2D eigenvalue weighted by molar-refractivity contribution is 5.68. The van der Waals surface area contributed by atoms with E-state index >= 15 is 0 Å².